The van der Waals surface area contributed by atoms with Gasteiger partial charge in [-0.2, -0.15) is 0 Å². The summed E-state index contributed by atoms with van der Waals surface area (Å²) in [7, 11) is 0. The first-order chi connectivity index (χ1) is 13.7. The number of aliphatic hydroxyl groups excluding tert-OH is 1. The second kappa shape index (κ2) is 11.2. The van der Waals surface area contributed by atoms with Crippen molar-refractivity contribution in [2.75, 3.05) is 24.6 Å². The molecule has 1 heterocycles. The third-order valence-corrected chi connectivity index (χ3v) is 4.63. The van der Waals surface area contributed by atoms with E-state index in [-0.39, 0.29) is 18.2 Å². The Bertz CT molecular complexity index is 730. The van der Waals surface area contributed by atoms with Crippen LogP contribution in [-0.4, -0.2) is 24.8 Å². The van der Waals surface area contributed by atoms with E-state index in [0.29, 0.717) is 5.75 Å². The van der Waals surface area contributed by atoms with Crippen LogP contribution in [0, 0.1) is 0 Å². The number of ether oxygens (including phenoxy) is 1. The highest BCUT2D eigenvalue weighted by Crippen LogP contribution is 2.26. The standard InChI is InChI=1S/C20H26N4O2.C2H6/c21-20(19(14-25)23-22)26-18-10-6-16(7-11-18)15-4-8-17(9-5-15)24-12-2-1-3-13-24;1-2/h4-11,23,25H,1-3,12-14,21-22H2;1-2H3/b20-19+;. The van der Waals surface area contributed by atoms with Crippen molar-refractivity contribution in [3.8, 4) is 16.9 Å². The molecule has 0 radical (unpaired) electrons. The first-order valence-corrected chi connectivity index (χ1v) is 9.90. The van der Waals surface area contributed by atoms with Gasteiger partial charge in [-0.1, -0.05) is 38.1 Å². The molecule has 28 heavy (non-hydrogen) atoms. The lowest BCUT2D eigenvalue weighted by atomic mass is 10.0. The van der Waals surface area contributed by atoms with Gasteiger partial charge >= 0.3 is 0 Å². The van der Waals surface area contributed by atoms with E-state index in [2.05, 4.69) is 34.6 Å². The van der Waals surface area contributed by atoms with Crippen LogP contribution >= 0.6 is 0 Å². The molecular formula is C22H32N4O2. The normalized spacial score (nSPS) is 14.5. The number of aliphatic hydroxyl groups is 1. The van der Waals surface area contributed by atoms with Crippen LogP contribution in [0.5, 0.6) is 5.75 Å². The van der Waals surface area contributed by atoms with Gasteiger partial charge in [0.25, 0.3) is 0 Å². The van der Waals surface area contributed by atoms with E-state index in [1.807, 2.05) is 38.1 Å². The molecule has 0 aromatic heterocycles. The minimum atomic E-state index is -0.316. The fourth-order valence-electron chi connectivity index (χ4n) is 3.12. The van der Waals surface area contributed by atoms with Gasteiger partial charge in [0.05, 0.1) is 6.61 Å². The summed E-state index contributed by atoms with van der Waals surface area (Å²) in [4.78, 5) is 2.45. The third-order valence-electron chi connectivity index (χ3n) is 4.63. The summed E-state index contributed by atoms with van der Waals surface area (Å²) >= 11 is 0. The average molecular weight is 385 g/mol. The molecule has 152 valence electrons. The number of piperidine rings is 1. The predicted molar refractivity (Wildman–Crippen MR) is 116 cm³/mol. The van der Waals surface area contributed by atoms with Crippen LogP contribution in [0.25, 0.3) is 11.1 Å². The molecule has 0 aliphatic carbocycles. The zero-order valence-corrected chi connectivity index (χ0v) is 16.8. The molecule has 0 unspecified atom stereocenters. The van der Waals surface area contributed by atoms with Crippen molar-refractivity contribution in [1.29, 1.82) is 0 Å². The summed E-state index contributed by atoms with van der Waals surface area (Å²) in [5.41, 5.74) is 11.9. The number of nitrogens with zero attached hydrogens (tertiary/aromatic N) is 1. The van der Waals surface area contributed by atoms with Crippen molar-refractivity contribution in [1.82, 2.24) is 5.43 Å². The number of nitrogens with two attached hydrogens (primary N) is 2. The molecule has 0 amide bonds. The fraction of sp³-hybridized carbons (Fsp3) is 0.364. The summed E-state index contributed by atoms with van der Waals surface area (Å²) in [6, 6.07) is 16.3. The minimum Gasteiger partial charge on any atom is -0.440 e. The van der Waals surface area contributed by atoms with Gasteiger partial charge in [0.15, 0.2) is 0 Å². The molecular weight excluding hydrogens is 352 g/mol. The van der Waals surface area contributed by atoms with E-state index in [9.17, 15) is 0 Å². The third kappa shape index (κ3) is 5.65. The highest BCUT2D eigenvalue weighted by molar-refractivity contribution is 5.67. The number of hydrazine groups is 1. The van der Waals surface area contributed by atoms with Gasteiger partial charge in [-0.15, -0.1) is 0 Å². The van der Waals surface area contributed by atoms with Crippen molar-refractivity contribution >= 4 is 5.69 Å². The molecule has 6 nitrogen and oxygen atoms in total. The van der Waals surface area contributed by atoms with Gasteiger partial charge in [-0.3, -0.25) is 5.84 Å². The Hall–Kier alpha value is -2.70. The zero-order valence-electron chi connectivity index (χ0n) is 16.8. The van der Waals surface area contributed by atoms with E-state index < -0.39 is 0 Å². The number of hydrogen-bond acceptors (Lipinski definition) is 6. The highest BCUT2D eigenvalue weighted by Gasteiger charge is 2.11. The second-order valence-corrected chi connectivity index (χ2v) is 6.37. The lowest BCUT2D eigenvalue weighted by Gasteiger charge is -2.28. The van der Waals surface area contributed by atoms with Crippen LogP contribution < -0.4 is 26.6 Å². The van der Waals surface area contributed by atoms with Gasteiger partial charge in [0, 0.05) is 18.8 Å². The quantitative estimate of drug-likeness (QED) is 0.347. The maximum Gasteiger partial charge on any atom is 0.213 e. The van der Waals surface area contributed by atoms with Crippen LogP contribution in [0.1, 0.15) is 33.1 Å². The Kier molecular flexibility index (Phi) is 8.65. The SMILES string of the molecule is CC.NN/C(CO)=C(\N)Oc1ccc(-c2ccc(N3CCCCC3)cc2)cc1. The number of nitrogens with one attached hydrogen (secondary N) is 1. The summed E-state index contributed by atoms with van der Waals surface area (Å²) in [5, 5.41) is 9.12. The molecule has 1 aliphatic heterocycles. The molecule has 2 aromatic carbocycles. The highest BCUT2D eigenvalue weighted by atomic mass is 16.5. The fourth-order valence-corrected chi connectivity index (χ4v) is 3.12. The predicted octanol–water partition coefficient (Wildman–Crippen LogP) is 3.33. The molecule has 0 saturated carbocycles. The van der Waals surface area contributed by atoms with Gasteiger partial charge in [-0.25, -0.2) is 0 Å². The smallest absolute Gasteiger partial charge is 0.213 e. The average Bonchev–Trinajstić information content (AvgIpc) is 2.77. The van der Waals surface area contributed by atoms with Crippen molar-refractivity contribution in [3.05, 3.63) is 60.1 Å². The van der Waals surface area contributed by atoms with Crippen molar-refractivity contribution in [2.45, 2.75) is 33.1 Å². The van der Waals surface area contributed by atoms with Gasteiger partial charge in [0.2, 0.25) is 5.88 Å². The lowest BCUT2D eigenvalue weighted by Crippen LogP contribution is -2.29. The Morgan fingerprint density at radius 3 is 2.00 bits per heavy atom. The van der Waals surface area contributed by atoms with Gasteiger partial charge in [-0.05, 0) is 54.7 Å². The Labute approximate surface area is 167 Å². The molecule has 1 aliphatic rings. The summed E-state index contributed by atoms with van der Waals surface area (Å²) in [6.45, 7) is 5.98. The topological polar surface area (TPSA) is 96.8 Å². The van der Waals surface area contributed by atoms with Gasteiger partial charge in [0.1, 0.15) is 11.4 Å². The van der Waals surface area contributed by atoms with Gasteiger partial charge < -0.3 is 25.9 Å². The lowest BCUT2D eigenvalue weighted by molar-refractivity contribution is 0.305. The molecule has 6 heteroatoms. The maximum absolute atomic E-state index is 9.12. The van der Waals surface area contributed by atoms with E-state index in [1.54, 1.807) is 0 Å². The largest absolute Gasteiger partial charge is 0.440 e. The number of rotatable bonds is 6. The first-order valence-electron chi connectivity index (χ1n) is 9.90. The second-order valence-electron chi connectivity index (χ2n) is 6.37. The van der Waals surface area contributed by atoms with Crippen LogP contribution in [0.2, 0.25) is 0 Å². The van der Waals surface area contributed by atoms with E-state index >= 15 is 0 Å². The molecule has 3 rings (SSSR count). The number of benzene rings is 2. The maximum atomic E-state index is 9.12. The van der Waals surface area contributed by atoms with Crippen molar-refractivity contribution in [3.63, 3.8) is 0 Å². The van der Waals surface area contributed by atoms with Crippen LogP contribution in [0.3, 0.4) is 0 Å². The van der Waals surface area contributed by atoms with Crippen LogP contribution in [-0.2, 0) is 0 Å². The number of hydrogen-bond donors (Lipinski definition) is 4. The summed E-state index contributed by atoms with van der Waals surface area (Å²) in [5.74, 6) is 5.90. The minimum absolute atomic E-state index is 0.0497. The Morgan fingerprint density at radius 1 is 0.964 bits per heavy atom. The van der Waals surface area contributed by atoms with E-state index in [1.165, 1.54) is 24.9 Å². The zero-order chi connectivity index (χ0) is 20.4. The Morgan fingerprint density at radius 2 is 1.50 bits per heavy atom. The molecule has 0 bridgehead atoms. The summed E-state index contributed by atoms with van der Waals surface area (Å²) in [6.07, 6.45) is 3.89. The molecule has 1 saturated heterocycles. The van der Waals surface area contributed by atoms with E-state index in [0.717, 1.165) is 24.2 Å². The molecule has 6 N–H and O–H groups in total. The van der Waals surface area contributed by atoms with Crippen molar-refractivity contribution < 1.29 is 9.84 Å². The first kappa shape index (κ1) is 21.6. The Balaban J connectivity index is 0.00000136. The van der Waals surface area contributed by atoms with Crippen LogP contribution in [0.4, 0.5) is 5.69 Å². The summed E-state index contributed by atoms with van der Waals surface area (Å²) < 4.78 is 5.50. The van der Waals surface area contributed by atoms with Crippen molar-refractivity contribution in [2.24, 2.45) is 11.6 Å². The molecule has 1 fully saturated rings. The molecule has 2 aromatic rings. The van der Waals surface area contributed by atoms with E-state index in [4.69, 9.17) is 21.4 Å². The van der Waals surface area contributed by atoms with Crippen LogP contribution in [0.15, 0.2) is 60.1 Å². The monoisotopic (exact) mass is 384 g/mol. The molecule has 0 atom stereocenters. The number of anilines is 1. The molecule has 0 spiro atoms.